The molecule has 0 saturated heterocycles. The van der Waals surface area contributed by atoms with Crippen LogP contribution in [0.1, 0.15) is 11.1 Å². The Morgan fingerprint density at radius 3 is 2.56 bits per heavy atom. The summed E-state index contributed by atoms with van der Waals surface area (Å²) in [5.74, 6) is 0.763. The van der Waals surface area contributed by atoms with E-state index >= 15 is 0 Å². The molecule has 2 aromatic carbocycles. The fraction of sp³-hybridized carbons (Fsp3) is 0.167. The predicted molar refractivity (Wildman–Crippen MR) is 100 cm³/mol. The van der Waals surface area contributed by atoms with Gasteiger partial charge in [0.15, 0.2) is 0 Å². The number of nitrogens with one attached hydrogen (secondary N) is 1. The second-order valence-corrected chi connectivity index (χ2v) is 7.97. The van der Waals surface area contributed by atoms with Gasteiger partial charge in [-0.15, -0.1) is 0 Å². The maximum absolute atomic E-state index is 12.8. The summed E-state index contributed by atoms with van der Waals surface area (Å²) in [6, 6.07) is 10.4. The molecule has 0 aliphatic heterocycles. The minimum atomic E-state index is -3.71. The van der Waals surface area contributed by atoms with Gasteiger partial charge in [0.05, 0.1) is 4.90 Å². The molecule has 0 aliphatic carbocycles. The Hall–Kier alpha value is -2.31. The fourth-order valence-corrected chi connectivity index (χ4v) is 4.20. The van der Waals surface area contributed by atoms with Gasteiger partial charge in [-0.1, -0.05) is 23.7 Å². The van der Waals surface area contributed by atoms with Gasteiger partial charge >= 0.3 is 0 Å². The maximum atomic E-state index is 12.8. The Kier molecular flexibility index (Phi) is 4.58. The van der Waals surface area contributed by atoms with Gasteiger partial charge in [0, 0.05) is 35.7 Å². The molecule has 1 N–H and O–H groups in total. The standard InChI is InChI=1S/C18H18ClN3O2S/c1-12-10-17(13(2)9-16(12)19)25(23,24)21-15-6-4-5-14(11-15)18-20-7-8-22(18)3/h4-11,21H,1-3H3. The highest BCUT2D eigenvalue weighted by Gasteiger charge is 2.19. The van der Waals surface area contributed by atoms with Crippen molar-refractivity contribution in [1.29, 1.82) is 0 Å². The fourth-order valence-electron chi connectivity index (χ4n) is 2.62. The predicted octanol–water partition coefficient (Wildman–Crippen LogP) is 4.16. The molecular formula is C18H18ClN3O2S. The van der Waals surface area contributed by atoms with Crippen LogP contribution < -0.4 is 4.72 Å². The van der Waals surface area contributed by atoms with Crippen molar-refractivity contribution in [2.45, 2.75) is 18.7 Å². The van der Waals surface area contributed by atoms with Crippen molar-refractivity contribution in [3.8, 4) is 11.4 Å². The molecule has 7 heteroatoms. The van der Waals surface area contributed by atoms with Crippen LogP contribution in [0.3, 0.4) is 0 Å². The molecule has 1 heterocycles. The summed E-state index contributed by atoms with van der Waals surface area (Å²) in [6.07, 6.45) is 3.54. The monoisotopic (exact) mass is 375 g/mol. The molecular weight excluding hydrogens is 358 g/mol. The van der Waals surface area contributed by atoms with Crippen LogP contribution in [0.4, 0.5) is 5.69 Å². The van der Waals surface area contributed by atoms with E-state index in [0.717, 1.165) is 17.0 Å². The van der Waals surface area contributed by atoms with Gasteiger partial charge in [0.1, 0.15) is 5.82 Å². The van der Waals surface area contributed by atoms with Gasteiger partial charge in [0.2, 0.25) is 0 Å². The number of aryl methyl sites for hydroxylation is 3. The van der Waals surface area contributed by atoms with E-state index in [1.54, 1.807) is 50.4 Å². The lowest BCUT2D eigenvalue weighted by Gasteiger charge is -2.13. The average Bonchev–Trinajstić information content (AvgIpc) is 2.96. The lowest BCUT2D eigenvalue weighted by atomic mass is 10.2. The zero-order chi connectivity index (χ0) is 18.2. The number of nitrogens with zero attached hydrogens (tertiary/aromatic N) is 2. The number of hydrogen-bond donors (Lipinski definition) is 1. The Balaban J connectivity index is 1.97. The van der Waals surface area contributed by atoms with Crippen molar-refractivity contribution in [3.05, 3.63) is 64.9 Å². The van der Waals surface area contributed by atoms with Crippen molar-refractivity contribution in [3.63, 3.8) is 0 Å². The molecule has 0 unspecified atom stereocenters. The third-order valence-corrected chi connectivity index (χ3v) is 5.87. The van der Waals surface area contributed by atoms with Crippen molar-refractivity contribution < 1.29 is 8.42 Å². The third-order valence-electron chi connectivity index (χ3n) is 3.94. The first-order chi connectivity index (χ1) is 11.8. The minimum absolute atomic E-state index is 0.219. The van der Waals surface area contributed by atoms with Crippen LogP contribution in [-0.4, -0.2) is 18.0 Å². The minimum Gasteiger partial charge on any atom is -0.334 e. The molecule has 5 nitrogen and oxygen atoms in total. The lowest BCUT2D eigenvalue weighted by Crippen LogP contribution is -2.14. The van der Waals surface area contributed by atoms with E-state index in [1.165, 1.54) is 0 Å². The van der Waals surface area contributed by atoms with Crippen LogP contribution in [0, 0.1) is 13.8 Å². The Bertz CT molecular complexity index is 1040. The summed E-state index contributed by atoms with van der Waals surface area (Å²) in [5, 5.41) is 0.549. The van der Waals surface area contributed by atoms with Gasteiger partial charge in [0.25, 0.3) is 10.0 Å². The molecule has 1 aromatic heterocycles. The topological polar surface area (TPSA) is 64.0 Å². The Morgan fingerprint density at radius 1 is 1.12 bits per heavy atom. The molecule has 3 aromatic rings. The SMILES string of the molecule is Cc1cc(S(=O)(=O)Nc2cccc(-c3nccn3C)c2)c(C)cc1Cl. The van der Waals surface area contributed by atoms with E-state index in [-0.39, 0.29) is 4.90 Å². The highest BCUT2D eigenvalue weighted by Crippen LogP contribution is 2.27. The Labute approximate surface area is 152 Å². The van der Waals surface area contributed by atoms with E-state index in [1.807, 2.05) is 23.9 Å². The normalized spacial score (nSPS) is 11.5. The van der Waals surface area contributed by atoms with Gasteiger partial charge in [-0.3, -0.25) is 4.72 Å². The van der Waals surface area contributed by atoms with Crippen molar-refractivity contribution in [1.82, 2.24) is 9.55 Å². The first-order valence-corrected chi connectivity index (χ1v) is 9.51. The van der Waals surface area contributed by atoms with E-state index < -0.39 is 10.0 Å². The second-order valence-electron chi connectivity index (χ2n) is 5.91. The Morgan fingerprint density at radius 2 is 1.88 bits per heavy atom. The summed E-state index contributed by atoms with van der Waals surface area (Å²) in [4.78, 5) is 4.51. The molecule has 3 rings (SSSR count). The number of rotatable bonds is 4. The molecule has 0 spiro atoms. The summed E-state index contributed by atoms with van der Waals surface area (Å²) < 4.78 is 30.1. The number of sulfonamides is 1. The number of aromatic nitrogens is 2. The van der Waals surface area contributed by atoms with E-state index in [9.17, 15) is 8.42 Å². The molecule has 0 atom stereocenters. The molecule has 130 valence electrons. The van der Waals surface area contributed by atoms with Crippen LogP contribution >= 0.6 is 11.6 Å². The summed E-state index contributed by atoms with van der Waals surface area (Å²) in [6.45, 7) is 3.51. The zero-order valence-corrected chi connectivity index (χ0v) is 15.7. The molecule has 0 saturated carbocycles. The van der Waals surface area contributed by atoms with Crippen molar-refractivity contribution in [2.75, 3.05) is 4.72 Å². The summed E-state index contributed by atoms with van der Waals surface area (Å²) >= 11 is 6.06. The van der Waals surface area contributed by atoms with E-state index in [0.29, 0.717) is 16.3 Å². The average molecular weight is 376 g/mol. The van der Waals surface area contributed by atoms with Gasteiger partial charge in [-0.05, 0) is 49.2 Å². The lowest BCUT2D eigenvalue weighted by molar-refractivity contribution is 0.600. The quantitative estimate of drug-likeness (QED) is 0.744. The van der Waals surface area contributed by atoms with Gasteiger partial charge in [-0.25, -0.2) is 13.4 Å². The van der Waals surface area contributed by atoms with E-state index in [4.69, 9.17) is 11.6 Å². The first-order valence-electron chi connectivity index (χ1n) is 7.65. The van der Waals surface area contributed by atoms with Gasteiger partial charge in [-0.2, -0.15) is 0 Å². The maximum Gasteiger partial charge on any atom is 0.262 e. The number of anilines is 1. The molecule has 0 aliphatic rings. The van der Waals surface area contributed by atoms with Crippen LogP contribution in [0.15, 0.2) is 53.7 Å². The van der Waals surface area contributed by atoms with Crippen LogP contribution in [0.5, 0.6) is 0 Å². The number of benzene rings is 2. The first kappa shape index (κ1) is 17.5. The van der Waals surface area contributed by atoms with Crippen LogP contribution in [-0.2, 0) is 17.1 Å². The second kappa shape index (κ2) is 6.54. The highest BCUT2D eigenvalue weighted by atomic mass is 35.5. The summed E-state index contributed by atoms with van der Waals surface area (Å²) in [7, 11) is -1.83. The number of halogens is 1. The van der Waals surface area contributed by atoms with Crippen LogP contribution in [0.25, 0.3) is 11.4 Å². The number of imidazole rings is 1. The molecule has 0 radical (unpaired) electrons. The molecule has 25 heavy (non-hydrogen) atoms. The van der Waals surface area contributed by atoms with Crippen molar-refractivity contribution >= 4 is 27.3 Å². The zero-order valence-electron chi connectivity index (χ0n) is 14.1. The summed E-state index contributed by atoms with van der Waals surface area (Å²) in [5.41, 5.74) is 2.63. The molecule has 0 bridgehead atoms. The van der Waals surface area contributed by atoms with Crippen LogP contribution in [0.2, 0.25) is 5.02 Å². The van der Waals surface area contributed by atoms with Crippen molar-refractivity contribution in [2.24, 2.45) is 7.05 Å². The van der Waals surface area contributed by atoms with E-state index in [2.05, 4.69) is 9.71 Å². The highest BCUT2D eigenvalue weighted by molar-refractivity contribution is 7.92. The number of hydrogen-bond acceptors (Lipinski definition) is 3. The van der Waals surface area contributed by atoms with Gasteiger partial charge < -0.3 is 4.57 Å². The smallest absolute Gasteiger partial charge is 0.262 e. The molecule has 0 amide bonds. The molecule has 0 fully saturated rings. The third kappa shape index (κ3) is 3.55. The largest absolute Gasteiger partial charge is 0.334 e.